The Bertz CT molecular complexity index is 530. The second kappa shape index (κ2) is 4.22. The molecule has 0 unspecified atom stereocenters. The Hall–Kier alpha value is -1.22. The second-order valence-electron chi connectivity index (χ2n) is 4.77. The van der Waals surface area contributed by atoms with Crippen molar-refractivity contribution < 1.29 is 0 Å². The highest BCUT2D eigenvalue weighted by Crippen LogP contribution is 2.32. The summed E-state index contributed by atoms with van der Waals surface area (Å²) in [5, 5.41) is 0. The molecule has 0 atom stereocenters. The van der Waals surface area contributed by atoms with Crippen molar-refractivity contribution in [2.45, 2.75) is 18.7 Å². The normalized spacial score (nSPS) is 15.4. The Kier molecular flexibility index (Phi) is 2.71. The SMILES string of the molecule is CN(CC1CC1)c1nc2ccccn2c1CCl. The monoisotopic (exact) mass is 249 g/mol. The van der Waals surface area contributed by atoms with E-state index in [1.807, 2.05) is 24.4 Å². The van der Waals surface area contributed by atoms with Crippen LogP contribution in [0.3, 0.4) is 0 Å². The smallest absolute Gasteiger partial charge is 0.152 e. The van der Waals surface area contributed by atoms with Gasteiger partial charge in [0, 0.05) is 19.8 Å². The van der Waals surface area contributed by atoms with Crippen LogP contribution in [0.5, 0.6) is 0 Å². The van der Waals surface area contributed by atoms with Crippen molar-refractivity contribution in [1.29, 1.82) is 0 Å². The van der Waals surface area contributed by atoms with Gasteiger partial charge >= 0.3 is 0 Å². The molecule has 0 N–H and O–H groups in total. The van der Waals surface area contributed by atoms with E-state index in [-0.39, 0.29) is 0 Å². The molecular weight excluding hydrogens is 234 g/mol. The van der Waals surface area contributed by atoms with Gasteiger partial charge in [-0.2, -0.15) is 0 Å². The summed E-state index contributed by atoms with van der Waals surface area (Å²) in [6.45, 7) is 1.09. The first-order valence-electron chi connectivity index (χ1n) is 6.02. The van der Waals surface area contributed by atoms with E-state index in [0.717, 1.165) is 29.6 Å². The number of nitrogens with zero attached hydrogens (tertiary/aromatic N) is 3. The van der Waals surface area contributed by atoms with Crippen LogP contribution in [0.1, 0.15) is 18.5 Å². The molecule has 2 aromatic heterocycles. The molecule has 0 saturated heterocycles. The quantitative estimate of drug-likeness (QED) is 0.777. The number of rotatable bonds is 4. The van der Waals surface area contributed by atoms with Crippen LogP contribution in [0, 0.1) is 5.92 Å². The first-order valence-corrected chi connectivity index (χ1v) is 6.56. The van der Waals surface area contributed by atoms with Gasteiger partial charge < -0.3 is 9.30 Å². The third kappa shape index (κ3) is 2.00. The molecule has 17 heavy (non-hydrogen) atoms. The number of hydrogen-bond donors (Lipinski definition) is 0. The molecule has 0 aliphatic heterocycles. The molecule has 0 spiro atoms. The number of alkyl halides is 1. The lowest BCUT2D eigenvalue weighted by molar-refractivity contribution is 0.776. The first-order chi connectivity index (χ1) is 8.29. The summed E-state index contributed by atoms with van der Waals surface area (Å²) in [6, 6.07) is 6.03. The van der Waals surface area contributed by atoms with Gasteiger partial charge in [-0.3, -0.25) is 0 Å². The highest BCUT2D eigenvalue weighted by atomic mass is 35.5. The third-order valence-corrected chi connectivity index (χ3v) is 3.58. The summed E-state index contributed by atoms with van der Waals surface area (Å²) >= 11 is 6.06. The number of hydrogen-bond acceptors (Lipinski definition) is 2. The topological polar surface area (TPSA) is 20.5 Å². The minimum absolute atomic E-state index is 0.496. The van der Waals surface area contributed by atoms with E-state index in [4.69, 9.17) is 11.6 Å². The maximum atomic E-state index is 6.06. The predicted octanol–water partition coefficient (Wildman–Crippen LogP) is 2.92. The second-order valence-corrected chi connectivity index (χ2v) is 5.04. The van der Waals surface area contributed by atoms with E-state index < -0.39 is 0 Å². The van der Waals surface area contributed by atoms with E-state index in [9.17, 15) is 0 Å². The van der Waals surface area contributed by atoms with Crippen molar-refractivity contribution in [3.63, 3.8) is 0 Å². The summed E-state index contributed by atoms with van der Waals surface area (Å²) in [7, 11) is 2.11. The summed E-state index contributed by atoms with van der Waals surface area (Å²) in [5.41, 5.74) is 2.06. The molecule has 2 aromatic rings. The zero-order valence-corrected chi connectivity index (χ0v) is 10.7. The lowest BCUT2D eigenvalue weighted by Crippen LogP contribution is -2.21. The van der Waals surface area contributed by atoms with Gasteiger partial charge in [0.05, 0.1) is 11.6 Å². The maximum absolute atomic E-state index is 6.06. The van der Waals surface area contributed by atoms with Crippen molar-refractivity contribution in [3.05, 3.63) is 30.1 Å². The van der Waals surface area contributed by atoms with Gasteiger partial charge in [0.1, 0.15) is 5.65 Å². The fraction of sp³-hybridized carbons (Fsp3) is 0.462. The van der Waals surface area contributed by atoms with Crippen LogP contribution in [-0.4, -0.2) is 23.0 Å². The fourth-order valence-corrected chi connectivity index (χ4v) is 2.49. The van der Waals surface area contributed by atoms with Crippen LogP contribution < -0.4 is 4.90 Å². The molecule has 2 heterocycles. The van der Waals surface area contributed by atoms with Crippen molar-refractivity contribution in [1.82, 2.24) is 9.38 Å². The van der Waals surface area contributed by atoms with E-state index >= 15 is 0 Å². The van der Waals surface area contributed by atoms with Gasteiger partial charge in [0.2, 0.25) is 0 Å². The first kappa shape index (κ1) is 10.9. The third-order valence-electron chi connectivity index (χ3n) is 3.32. The number of fused-ring (bicyclic) bond motifs is 1. The number of anilines is 1. The van der Waals surface area contributed by atoms with Gasteiger partial charge in [-0.15, -0.1) is 11.6 Å². The minimum atomic E-state index is 0.496. The summed E-state index contributed by atoms with van der Waals surface area (Å²) in [5.74, 6) is 2.38. The van der Waals surface area contributed by atoms with Crippen molar-refractivity contribution >= 4 is 23.1 Å². The molecular formula is C13H16ClN3. The average molecular weight is 250 g/mol. The Labute approximate surface area is 106 Å². The number of halogens is 1. The molecule has 0 radical (unpaired) electrons. The minimum Gasteiger partial charge on any atom is -0.358 e. The van der Waals surface area contributed by atoms with Gasteiger partial charge in [-0.25, -0.2) is 4.98 Å². The molecule has 4 heteroatoms. The molecule has 3 rings (SSSR count). The van der Waals surface area contributed by atoms with Crippen molar-refractivity contribution in [2.75, 3.05) is 18.5 Å². The fourth-order valence-electron chi connectivity index (χ4n) is 2.24. The van der Waals surface area contributed by atoms with Gasteiger partial charge in [0.15, 0.2) is 5.82 Å². The molecule has 90 valence electrons. The molecule has 0 bridgehead atoms. The van der Waals surface area contributed by atoms with E-state index in [0.29, 0.717) is 5.88 Å². The van der Waals surface area contributed by atoms with E-state index in [1.165, 1.54) is 12.8 Å². The zero-order valence-electron chi connectivity index (χ0n) is 9.93. The highest BCUT2D eigenvalue weighted by Gasteiger charge is 2.25. The van der Waals surface area contributed by atoms with Crippen molar-refractivity contribution in [2.24, 2.45) is 5.92 Å². The Morgan fingerprint density at radius 3 is 3.00 bits per heavy atom. The molecule has 1 fully saturated rings. The van der Waals surface area contributed by atoms with E-state index in [2.05, 4.69) is 21.3 Å². The molecule has 1 aliphatic carbocycles. The van der Waals surface area contributed by atoms with Crippen LogP contribution in [0.4, 0.5) is 5.82 Å². The van der Waals surface area contributed by atoms with Crippen molar-refractivity contribution in [3.8, 4) is 0 Å². The molecule has 1 saturated carbocycles. The summed E-state index contributed by atoms with van der Waals surface area (Å²) < 4.78 is 2.08. The van der Waals surface area contributed by atoms with Crippen LogP contribution >= 0.6 is 11.6 Å². The van der Waals surface area contributed by atoms with Crippen LogP contribution in [0.25, 0.3) is 5.65 Å². The summed E-state index contributed by atoms with van der Waals surface area (Å²) in [4.78, 5) is 6.91. The Balaban J connectivity index is 2.01. The molecule has 0 amide bonds. The van der Waals surface area contributed by atoms with Gasteiger partial charge in [-0.05, 0) is 30.9 Å². The number of aromatic nitrogens is 2. The average Bonchev–Trinajstić information content (AvgIpc) is 3.07. The predicted molar refractivity (Wildman–Crippen MR) is 70.7 cm³/mol. The van der Waals surface area contributed by atoms with E-state index in [1.54, 1.807) is 0 Å². The maximum Gasteiger partial charge on any atom is 0.152 e. The van der Waals surface area contributed by atoms with Crippen LogP contribution in [0.15, 0.2) is 24.4 Å². The zero-order chi connectivity index (χ0) is 11.8. The number of pyridine rings is 1. The molecule has 3 nitrogen and oxygen atoms in total. The highest BCUT2D eigenvalue weighted by molar-refractivity contribution is 6.17. The largest absolute Gasteiger partial charge is 0.358 e. The standard InChI is InChI=1S/C13H16ClN3/c1-16(9-10-5-6-10)13-11(8-14)17-7-3-2-4-12(17)15-13/h2-4,7,10H,5-6,8-9H2,1H3. The lowest BCUT2D eigenvalue weighted by Gasteiger charge is -2.17. The summed E-state index contributed by atoms with van der Waals surface area (Å²) in [6.07, 6.45) is 4.73. The Morgan fingerprint density at radius 2 is 2.29 bits per heavy atom. The Morgan fingerprint density at radius 1 is 1.47 bits per heavy atom. The van der Waals surface area contributed by atoms with Gasteiger partial charge in [0.25, 0.3) is 0 Å². The van der Waals surface area contributed by atoms with Gasteiger partial charge in [-0.1, -0.05) is 6.07 Å². The van der Waals surface area contributed by atoms with Crippen LogP contribution in [0.2, 0.25) is 0 Å². The molecule has 1 aliphatic rings. The van der Waals surface area contributed by atoms with Crippen LogP contribution in [-0.2, 0) is 5.88 Å². The lowest BCUT2D eigenvalue weighted by atomic mass is 10.3. The molecule has 0 aromatic carbocycles. The number of imidazole rings is 1.